The maximum Gasteiger partial charge on any atom is 0.265 e. The first-order valence-corrected chi connectivity index (χ1v) is 7.57. The molecular weight excluding hydrogens is 278 g/mol. The first kappa shape index (κ1) is 13.6. The summed E-state index contributed by atoms with van der Waals surface area (Å²) in [5, 5.41) is 2.92. The van der Waals surface area contributed by atoms with Gasteiger partial charge in [-0.25, -0.2) is 0 Å². The topological polar surface area (TPSA) is 29.1 Å². The summed E-state index contributed by atoms with van der Waals surface area (Å²) >= 11 is 1.50. The highest BCUT2D eigenvalue weighted by molar-refractivity contribution is 7.14. The van der Waals surface area contributed by atoms with E-state index >= 15 is 0 Å². The number of nitrogens with one attached hydrogen (secondary N) is 1. The van der Waals surface area contributed by atoms with E-state index in [1.165, 1.54) is 16.9 Å². The molecule has 1 heterocycles. The van der Waals surface area contributed by atoms with Gasteiger partial charge in [-0.3, -0.25) is 4.79 Å². The number of hydrogen-bond acceptors (Lipinski definition) is 2. The number of aryl methyl sites for hydroxylation is 1. The van der Waals surface area contributed by atoms with Crippen molar-refractivity contribution in [3.8, 4) is 11.1 Å². The minimum absolute atomic E-state index is 0.0550. The molecule has 0 aliphatic carbocycles. The van der Waals surface area contributed by atoms with Crippen molar-refractivity contribution in [3.63, 3.8) is 0 Å². The summed E-state index contributed by atoms with van der Waals surface area (Å²) in [6.07, 6.45) is 0. The number of rotatable bonds is 3. The Hall–Kier alpha value is -2.39. The highest BCUT2D eigenvalue weighted by Gasteiger charge is 2.08. The molecule has 2 aromatic carbocycles. The Kier molecular flexibility index (Phi) is 3.84. The molecule has 3 aromatic rings. The summed E-state index contributed by atoms with van der Waals surface area (Å²) in [4.78, 5) is 14.0. The van der Waals surface area contributed by atoms with Crippen LogP contribution >= 0.6 is 11.3 Å². The first-order chi connectivity index (χ1) is 10.2. The first-order valence-electron chi connectivity index (χ1n) is 6.76. The van der Waals surface area contributed by atoms with Gasteiger partial charge in [-0.05, 0) is 42.3 Å². The molecule has 21 heavy (non-hydrogen) atoms. The third-order valence-corrected chi connectivity index (χ3v) is 4.21. The smallest absolute Gasteiger partial charge is 0.265 e. The predicted molar refractivity (Wildman–Crippen MR) is 88.9 cm³/mol. The third-order valence-electron chi connectivity index (χ3n) is 3.21. The molecule has 104 valence electrons. The zero-order valence-corrected chi connectivity index (χ0v) is 12.5. The van der Waals surface area contributed by atoms with Crippen LogP contribution < -0.4 is 5.32 Å². The molecule has 0 aliphatic heterocycles. The van der Waals surface area contributed by atoms with Crippen molar-refractivity contribution >= 4 is 22.9 Å². The van der Waals surface area contributed by atoms with Crippen LogP contribution in [0.3, 0.4) is 0 Å². The van der Waals surface area contributed by atoms with Gasteiger partial charge in [0.05, 0.1) is 4.88 Å². The monoisotopic (exact) mass is 293 g/mol. The zero-order valence-electron chi connectivity index (χ0n) is 11.7. The van der Waals surface area contributed by atoms with E-state index in [0.29, 0.717) is 0 Å². The van der Waals surface area contributed by atoms with E-state index in [4.69, 9.17) is 0 Å². The van der Waals surface area contributed by atoms with Gasteiger partial charge in [0, 0.05) is 10.6 Å². The molecule has 3 heteroatoms. The third kappa shape index (κ3) is 3.20. The minimum atomic E-state index is -0.0550. The van der Waals surface area contributed by atoms with Crippen LogP contribution in [0.15, 0.2) is 66.7 Å². The summed E-state index contributed by atoms with van der Waals surface area (Å²) in [7, 11) is 0. The lowest BCUT2D eigenvalue weighted by Gasteiger charge is -2.06. The van der Waals surface area contributed by atoms with Gasteiger partial charge < -0.3 is 5.32 Å². The molecule has 3 rings (SSSR count). The molecule has 0 fully saturated rings. The number of hydrogen-bond donors (Lipinski definition) is 1. The lowest BCUT2D eigenvalue weighted by Crippen LogP contribution is -2.09. The summed E-state index contributed by atoms with van der Waals surface area (Å²) < 4.78 is 0. The molecule has 0 bridgehead atoms. The van der Waals surface area contributed by atoms with E-state index < -0.39 is 0 Å². The van der Waals surface area contributed by atoms with Crippen molar-refractivity contribution < 1.29 is 4.79 Å². The maximum atomic E-state index is 12.1. The van der Waals surface area contributed by atoms with E-state index in [1.807, 2.05) is 61.5 Å². The van der Waals surface area contributed by atoms with Gasteiger partial charge in [0.2, 0.25) is 0 Å². The Labute approximate surface area is 128 Å². The minimum Gasteiger partial charge on any atom is -0.321 e. The van der Waals surface area contributed by atoms with Gasteiger partial charge in [-0.1, -0.05) is 42.5 Å². The lowest BCUT2D eigenvalue weighted by molar-refractivity contribution is 0.103. The fourth-order valence-electron chi connectivity index (χ4n) is 2.13. The summed E-state index contributed by atoms with van der Waals surface area (Å²) in [6.45, 7) is 2.00. The van der Waals surface area contributed by atoms with Crippen LogP contribution in [-0.4, -0.2) is 5.91 Å². The molecule has 0 spiro atoms. The van der Waals surface area contributed by atoms with Crippen LogP contribution in [0.4, 0.5) is 5.69 Å². The van der Waals surface area contributed by atoms with Crippen LogP contribution in [-0.2, 0) is 0 Å². The van der Waals surface area contributed by atoms with Crippen molar-refractivity contribution in [1.29, 1.82) is 0 Å². The largest absolute Gasteiger partial charge is 0.321 e. The molecule has 0 unspecified atom stereocenters. The Balaban J connectivity index is 1.74. The standard InChI is InChI=1S/C18H15NOS/c1-13-7-12-17(21-13)18(20)19-16-10-8-15(9-11-16)14-5-3-2-4-6-14/h2-12H,1H3,(H,19,20). The van der Waals surface area contributed by atoms with Gasteiger partial charge in [0.1, 0.15) is 0 Å². The predicted octanol–water partition coefficient (Wildman–Crippen LogP) is 4.98. The van der Waals surface area contributed by atoms with E-state index in [0.717, 1.165) is 21.0 Å². The zero-order chi connectivity index (χ0) is 14.7. The number of amides is 1. The van der Waals surface area contributed by atoms with E-state index in [1.54, 1.807) is 0 Å². The lowest BCUT2D eigenvalue weighted by atomic mass is 10.1. The summed E-state index contributed by atoms with van der Waals surface area (Å²) in [5.74, 6) is -0.0550. The van der Waals surface area contributed by atoms with Crippen molar-refractivity contribution in [2.24, 2.45) is 0 Å². The van der Waals surface area contributed by atoms with Crippen molar-refractivity contribution in [3.05, 3.63) is 76.5 Å². The number of benzene rings is 2. The quantitative estimate of drug-likeness (QED) is 0.725. The van der Waals surface area contributed by atoms with E-state index in [9.17, 15) is 4.79 Å². The summed E-state index contributed by atoms with van der Waals surface area (Å²) in [5.41, 5.74) is 3.12. The fourth-order valence-corrected chi connectivity index (χ4v) is 2.89. The molecule has 0 aliphatic rings. The molecule has 1 aromatic heterocycles. The van der Waals surface area contributed by atoms with Gasteiger partial charge >= 0.3 is 0 Å². The van der Waals surface area contributed by atoms with Crippen molar-refractivity contribution in [1.82, 2.24) is 0 Å². The summed E-state index contributed by atoms with van der Waals surface area (Å²) in [6, 6.07) is 21.9. The van der Waals surface area contributed by atoms with Crippen molar-refractivity contribution in [2.45, 2.75) is 6.92 Å². The van der Waals surface area contributed by atoms with Crippen LogP contribution in [0.5, 0.6) is 0 Å². The molecule has 2 nitrogen and oxygen atoms in total. The highest BCUT2D eigenvalue weighted by atomic mass is 32.1. The Morgan fingerprint density at radius 3 is 2.14 bits per heavy atom. The van der Waals surface area contributed by atoms with E-state index in [-0.39, 0.29) is 5.91 Å². The fraction of sp³-hybridized carbons (Fsp3) is 0.0556. The van der Waals surface area contributed by atoms with Crippen LogP contribution in [0.1, 0.15) is 14.5 Å². The molecule has 1 N–H and O–H groups in total. The molecular formula is C18H15NOS. The van der Waals surface area contributed by atoms with Gasteiger partial charge in [0.15, 0.2) is 0 Å². The molecule has 1 amide bonds. The second kappa shape index (κ2) is 5.94. The molecule has 0 saturated heterocycles. The molecule has 0 saturated carbocycles. The molecule has 0 radical (unpaired) electrons. The Morgan fingerprint density at radius 2 is 1.52 bits per heavy atom. The Morgan fingerprint density at radius 1 is 0.857 bits per heavy atom. The second-order valence-electron chi connectivity index (χ2n) is 4.81. The van der Waals surface area contributed by atoms with E-state index in [2.05, 4.69) is 17.4 Å². The van der Waals surface area contributed by atoms with Crippen LogP contribution in [0.2, 0.25) is 0 Å². The van der Waals surface area contributed by atoms with Gasteiger partial charge in [-0.2, -0.15) is 0 Å². The highest BCUT2D eigenvalue weighted by Crippen LogP contribution is 2.22. The number of carbonyl (C=O) groups is 1. The Bertz CT molecular complexity index is 744. The SMILES string of the molecule is Cc1ccc(C(=O)Nc2ccc(-c3ccccc3)cc2)s1. The second-order valence-corrected chi connectivity index (χ2v) is 6.10. The van der Waals surface area contributed by atoms with Gasteiger partial charge in [-0.15, -0.1) is 11.3 Å². The van der Waals surface area contributed by atoms with Crippen LogP contribution in [0, 0.1) is 6.92 Å². The van der Waals surface area contributed by atoms with Gasteiger partial charge in [0.25, 0.3) is 5.91 Å². The van der Waals surface area contributed by atoms with Crippen molar-refractivity contribution in [2.75, 3.05) is 5.32 Å². The maximum absolute atomic E-state index is 12.1. The molecule has 0 atom stereocenters. The number of anilines is 1. The number of carbonyl (C=O) groups excluding carboxylic acids is 1. The number of thiophene rings is 1. The van der Waals surface area contributed by atoms with Crippen LogP contribution in [0.25, 0.3) is 11.1 Å². The average Bonchev–Trinajstić information content (AvgIpc) is 2.96. The average molecular weight is 293 g/mol. The normalized spacial score (nSPS) is 10.3.